The van der Waals surface area contributed by atoms with E-state index in [1.807, 2.05) is 50.2 Å². The predicted octanol–water partition coefficient (Wildman–Crippen LogP) is 4.48. The van der Waals surface area contributed by atoms with E-state index in [1.165, 1.54) is 10.4 Å². The maximum absolute atomic E-state index is 13.7. The molecule has 0 aliphatic heterocycles. The lowest BCUT2D eigenvalue weighted by molar-refractivity contribution is -0.122. The molecule has 8 nitrogen and oxygen atoms in total. The van der Waals surface area contributed by atoms with Crippen LogP contribution in [0.1, 0.15) is 36.6 Å². The Morgan fingerprint density at radius 2 is 1.62 bits per heavy atom. The first-order chi connectivity index (χ1) is 17.7. The highest BCUT2D eigenvalue weighted by atomic mass is 32.2. The van der Waals surface area contributed by atoms with Crippen molar-refractivity contribution in [3.05, 3.63) is 83.4 Å². The highest BCUT2D eigenvalue weighted by Crippen LogP contribution is 2.30. The Hall–Kier alpha value is -3.56. The van der Waals surface area contributed by atoms with Gasteiger partial charge in [-0.1, -0.05) is 36.4 Å². The van der Waals surface area contributed by atoms with Gasteiger partial charge in [0.1, 0.15) is 5.75 Å². The van der Waals surface area contributed by atoms with Crippen molar-refractivity contribution in [3.63, 3.8) is 0 Å². The summed E-state index contributed by atoms with van der Waals surface area (Å²) in [7, 11) is -0.895. The lowest BCUT2D eigenvalue weighted by atomic mass is 10.1. The van der Waals surface area contributed by atoms with Crippen molar-refractivity contribution in [1.82, 2.24) is 9.62 Å². The maximum Gasteiger partial charge on any atom is 0.243 e. The maximum atomic E-state index is 13.7. The fourth-order valence-corrected chi connectivity index (χ4v) is 5.38. The number of carbonyl (C=O) groups excluding carboxylic acids is 1. The first kappa shape index (κ1) is 28.0. The minimum atomic E-state index is -3.99. The number of benzene rings is 3. The molecule has 0 aliphatic rings. The lowest BCUT2D eigenvalue weighted by Gasteiger charge is -2.24. The third kappa shape index (κ3) is 7.02. The standard InChI is InChI=1S/C28H34N2O6S/c1-6-36-25-15-13-24(16-20(25)2)37(32,33)30(18-22-10-8-7-9-11-22)19-28(31)29-21(3)23-12-14-26(34-4)27(17-23)35-5/h7-17,21H,6,18-19H2,1-5H3,(H,29,31)/t21-/m1/s1. The van der Waals surface area contributed by atoms with Gasteiger partial charge >= 0.3 is 0 Å². The number of carbonyl (C=O) groups is 1. The SMILES string of the molecule is CCOc1ccc(S(=O)(=O)N(CC(=O)N[C@H](C)c2ccc(OC)c(OC)c2)Cc2ccccc2)cc1C. The summed E-state index contributed by atoms with van der Waals surface area (Å²) < 4.78 is 44.7. The molecular formula is C28H34N2O6S. The van der Waals surface area contributed by atoms with Crippen molar-refractivity contribution in [2.75, 3.05) is 27.4 Å². The second kappa shape index (κ2) is 12.6. The number of aryl methyl sites for hydroxylation is 1. The molecule has 1 atom stereocenters. The Morgan fingerprint density at radius 3 is 2.24 bits per heavy atom. The summed E-state index contributed by atoms with van der Waals surface area (Å²) in [5.41, 5.74) is 2.27. The largest absolute Gasteiger partial charge is 0.494 e. The number of hydrogen-bond donors (Lipinski definition) is 1. The van der Waals surface area contributed by atoms with Gasteiger partial charge in [-0.3, -0.25) is 4.79 Å². The number of ether oxygens (including phenoxy) is 3. The van der Waals surface area contributed by atoms with Crippen LogP contribution in [0.25, 0.3) is 0 Å². The molecule has 198 valence electrons. The summed E-state index contributed by atoms with van der Waals surface area (Å²) in [6.45, 7) is 5.67. The van der Waals surface area contributed by atoms with E-state index in [9.17, 15) is 13.2 Å². The molecule has 0 aliphatic carbocycles. The summed E-state index contributed by atoms with van der Waals surface area (Å²) in [5.74, 6) is 1.32. The molecule has 0 unspecified atom stereocenters. The van der Waals surface area contributed by atoms with E-state index in [-0.39, 0.29) is 24.0 Å². The Kier molecular flexibility index (Phi) is 9.54. The second-order valence-electron chi connectivity index (χ2n) is 8.52. The first-order valence-corrected chi connectivity index (χ1v) is 13.4. The van der Waals surface area contributed by atoms with E-state index in [4.69, 9.17) is 14.2 Å². The van der Waals surface area contributed by atoms with Crippen LogP contribution in [0.3, 0.4) is 0 Å². The van der Waals surface area contributed by atoms with Gasteiger partial charge < -0.3 is 19.5 Å². The van der Waals surface area contributed by atoms with Gasteiger partial charge in [-0.15, -0.1) is 0 Å². The molecule has 9 heteroatoms. The fourth-order valence-electron chi connectivity index (χ4n) is 3.91. The van der Waals surface area contributed by atoms with Crippen molar-refractivity contribution in [3.8, 4) is 17.2 Å². The molecule has 0 radical (unpaired) electrons. The highest BCUT2D eigenvalue weighted by Gasteiger charge is 2.28. The summed E-state index contributed by atoms with van der Waals surface area (Å²) in [4.78, 5) is 13.2. The van der Waals surface area contributed by atoms with Crippen LogP contribution < -0.4 is 19.5 Å². The molecule has 37 heavy (non-hydrogen) atoms. The van der Waals surface area contributed by atoms with Crippen molar-refractivity contribution in [1.29, 1.82) is 0 Å². The number of hydrogen-bond acceptors (Lipinski definition) is 6. The van der Waals surface area contributed by atoms with Crippen LogP contribution >= 0.6 is 0 Å². The minimum absolute atomic E-state index is 0.0492. The topological polar surface area (TPSA) is 94.2 Å². The summed E-state index contributed by atoms with van der Waals surface area (Å²) >= 11 is 0. The molecule has 0 saturated heterocycles. The summed E-state index contributed by atoms with van der Waals surface area (Å²) in [6, 6.07) is 18.9. The van der Waals surface area contributed by atoms with Gasteiger partial charge in [0.2, 0.25) is 15.9 Å². The normalized spacial score (nSPS) is 12.2. The zero-order valence-corrected chi connectivity index (χ0v) is 22.7. The van der Waals surface area contributed by atoms with Crippen LogP contribution in [0, 0.1) is 6.92 Å². The highest BCUT2D eigenvalue weighted by molar-refractivity contribution is 7.89. The molecule has 0 heterocycles. The monoisotopic (exact) mass is 526 g/mol. The number of nitrogens with zero attached hydrogens (tertiary/aromatic N) is 1. The number of rotatable bonds is 12. The van der Waals surface area contributed by atoms with Gasteiger partial charge in [0.15, 0.2) is 11.5 Å². The number of nitrogens with one attached hydrogen (secondary N) is 1. The lowest BCUT2D eigenvalue weighted by Crippen LogP contribution is -2.41. The van der Waals surface area contributed by atoms with Gasteiger partial charge in [-0.05, 0) is 67.8 Å². The van der Waals surface area contributed by atoms with Crippen molar-refractivity contribution >= 4 is 15.9 Å². The van der Waals surface area contributed by atoms with Crippen LogP contribution in [0.5, 0.6) is 17.2 Å². The Morgan fingerprint density at radius 1 is 0.946 bits per heavy atom. The van der Waals surface area contributed by atoms with E-state index < -0.39 is 15.9 Å². The van der Waals surface area contributed by atoms with Crippen LogP contribution in [0.15, 0.2) is 71.6 Å². The van der Waals surface area contributed by atoms with Gasteiger partial charge in [0.25, 0.3) is 0 Å². The predicted molar refractivity (Wildman–Crippen MR) is 142 cm³/mol. The first-order valence-electron chi connectivity index (χ1n) is 12.0. The smallest absolute Gasteiger partial charge is 0.243 e. The van der Waals surface area contributed by atoms with Crippen molar-refractivity contribution < 1.29 is 27.4 Å². The van der Waals surface area contributed by atoms with E-state index >= 15 is 0 Å². The molecule has 0 saturated carbocycles. The van der Waals surface area contributed by atoms with Gasteiger partial charge in [-0.25, -0.2) is 8.42 Å². The third-order valence-corrected chi connectivity index (χ3v) is 7.68. The number of methoxy groups -OCH3 is 2. The van der Waals surface area contributed by atoms with Crippen LogP contribution in [0.2, 0.25) is 0 Å². The Balaban J connectivity index is 1.85. The molecule has 0 spiro atoms. The van der Waals surface area contributed by atoms with E-state index in [2.05, 4.69) is 5.32 Å². The van der Waals surface area contributed by atoms with Gasteiger partial charge in [-0.2, -0.15) is 4.31 Å². The summed E-state index contributed by atoms with van der Waals surface area (Å²) in [5, 5.41) is 2.90. The van der Waals surface area contributed by atoms with E-state index in [1.54, 1.807) is 45.4 Å². The molecule has 3 rings (SSSR count). The molecular weight excluding hydrogens is 492 g/mol. The number of sulfonamides is 1. The Bertz CT molecular complexity index is 1310. The average Bonchev–Trinajstić information content (AvgIpc) is 2.89. The van der Waals surface area contributed by atoms with E-state index in [0.717, 1.165) is 11.1 Å². The van der Waals surface area contributed by atoms with Crippen LogP contribution in [0.4, 0.5) is 0 Å². The van der Waals surface area contributed by atoms with Crippen LogP contribution in [-0.4, -0.2) is 46.0 Å². The van der Waals surface area contributed by atoms with E-state index in [0.29, 0.717) is 29.4 Å². The summed E-state index contributed by atoms with van der Waals surface area (Å²) in [6.07, 6.45) is 0. The molecule has 3 aromatic rings. The molecule has 0 aromatic heterocycles. The molecule has 0 bridgehead atoms. The number of amides is 1. The molecule has 3 aromatic carbocycles. The molecule has 0 fully saturated rings. The van der Waals surface area contributed by atoms with Gasteiger partial charge in [0, 0.05) is 6.54 Å². The van der Waals surface area contributed by atoms with Crippen molar-refractivity contribution in [2.24, 2.45) is 0 Å². The average molecular weight is 527 g/mol. The third-order valence-electron chi connectivity index (χ3n) is 5.89. The second-order valence-corrected chi connectivity index (χ2v) is 10.5. The quantitative estimate of drug-likeness (QED) is 0.374. The zero-order valence-electron chi connectivity index (χ0n) is 21.9. The Labute approximate surface area is 219 Å². The fraction of sp³-hybridized carbons (Fsp3) is 0.321. The van der Waals surface area contributed by atoms with Crippen LogP contribution in [-0.2, 0) is 21.4 Å². The minimum Gasteiger partial charge on any atom is -0.494 e. The molecule has 1 N–H and O–H groups in total. The van der Waals surface area contributed by atoms with Gasteiger partial charge in [0.05, 0.1) is 38.3 Å². The van der Waals surface area contributed by atoms with Crippen molar-refractivity contribution in [2.45, 2.75) is 38.3 Å². The zero-order chi connectivity index (χ0) is 27.0. The molecule has 1 amide bonds.